The van der Waals surface area contributed by atoms with Gasteiger partial charge in [0.25, 0.3) is 0 Å². The highest BCUT2D eigenvalue weighted by Crippen LogP contribution is 2.59. The quantitative estimate of drug-likeness (QED) is 0.702. The Morgan fingerprint density at radius 2 is 1.59 bits per heavy atom. The maximum absolute atomic E-state index is 12.8. The molecule has 0 spiro atoms. The van der Waals surface area contributed by atoms with Crippen LogP contribution in [0.3, 0.4) is 0 Å². The Bertz CT molecular complexity index is 652. The number of benzene rings is 2. The molecule has 0 heterocycles. The van der Waals surface area contributed by atoms with E-state index in [9.17, 15) is 9.67 Å². The minimum atomic E-state index is -3.41. The van der Waals surface area contributed by atoms with Crippen molar-refractivity contribution in [3.8, 4) is 5.75 Å². The topological polar surface area (TPSA) is 67.8 Å². The van der Waals surface area contributed by atoms with Crippen molar-refractivity contribution in [2.45, 2.75) is 5.78 Å². The van der Waals surface area contributed by atoms with Crippen LogP contribution in [-0.4, -0.2) is 19.3 Å². The molecule has 0 saturated heterocycles. The first kappa shape index (κ1) is 17.0. The van der Waals surface area contributed by atoms with Gasteiger partial charge in [0, 0.05) is 24.4 Å². The van der Waals surface area contributed by atoms with Crippen molar-refractivity contribution in [2.75, 3.05) is 19.5 Å². The molecule has 0 unspecified atom stereocenters. The molecule has 22 heavy (non-hydrogen) atoms. The predicted octanol–water partition coefficient (Wildman–Crippen LogP) is 4.75. The average Bonchev–Trinajstić information content (AvgIpc) is 2.54. The average molecular weight is 386 g/mol. The number of hydrogen-bond donors (Lipinski definition) is 2. The van der Waals surface area contributed by atoms with Crippen LogP contribution in [0.1, 0.15) is 11.3 Å². The van der Waals surface area contributed by atoms with E-state index < -0.39 is 13.4 Å². The maximum Gasteiger partial charge on any atom is 0.356 e. The second kappa shape index (κ2) is 7.29. The molecule has 2 rings (SSSR count). The van der Waals surface area contributed by atoms with E-state index in [1.165, 1.54) is 26.4 Å². The lowest BCUT2D eigenvalue weighted by molar-refractivity contribution is 0.268. The van der Waals surface area contributed by atoms with Gasteiger partial charge in [-0.2, -0.15) is 0 Å². The molecule has 118 valence electrons. The van der Waals surface area contributed by atoms with Gasteiger partial charge < -0.3 is 19.5 Å². The van der Waals surface area contributed by atoms with Crippen LogP contribution >= 0.6 is 23.5 Å². The molecule has 2 aromatic carbocycles. The van der Waals surface area contributed by atoms with Gasteiger partial charge in [-0.25, -0.2) is 0 Å². The molecular formula is C15H17BrNO4P. The third kappa shape index (κ3) is 3.90. The monoisotopic (exact) mass is 385 g/mol. The van der Waals surface area contributed by atoms with Crippen LogP contribution in [0.2, 0.25) is 0 Å². The first-order valence-corrected chi connectivity index (χ1v) is 8.91. The summed E-state index contributed by atoms with van der Waals surface area (Å²) in [5.74, 6) is -0.555. The third-order valence-corrected chi connectivity index (χ3v) is 5.79. The zero-order valence-electron chi connectivity index (χ0n) is 12.2. The number of nitrogens with one attached hydrogen (secondary N) is 1. The second-order valence-corrected chi connectivity index (χ2v) is 7.79. The zero-order valence-corrected chi connectivity index (χ0v) is 14.7. The normalized spacial score (nSPS) is 12.9. The molecular weight excluding hydrogens is 369 g/mol. The lowest BCUT2D eigenvalue weighted by atomic mass is 10.2. The van der Waals surface area contributed by atoms with E-state index in [0.29, 0.717) is 5.56 Å². The molecule has 0 aliphatic heterocycles. The summed E-state index contributed by atoms with van der Waals surface area (Å²) < 4.78 is 24.0. The van der Waals surface area contributed by atoms with Gasteiger partial charge in [-0.05, 0) is 42.0 Å². The highest BCUT2D eigenvalue weighted by atomic mass is 79.9. The molecule has 0 aliphatic rings. The fraction of sp³-hybridized carbons (Fsp3) is 0.200. The summed E-state index contributed by atoms with van der Waals surface area (Å²) in [4.78, 5) is 0. The predicted molar refractivity (Wildman–Crippen MR) is 90.2 cm³/mol. The standard InChI is InChI=1S/C15H17BrNO4P/c1-20-22(19,21-2)15(11-3-9-14(18)10-4-11)17-13-7-5-12(16)6-8-13/h3-10,15,17-18H,1-2H3/t15-/m1/s1. The van der Waals surface area contributed by atoms with Gasteiger partial charge >= 0.3 is 7.60 Å². The molecule has 5 nitrogen and oxygen atoms in total. The Kier molecular flexibility index (Phi) is 5.64. The molecule has 0 bridgehead atoms. The lowest BCUT2D eigenvalue weighted by Crippen LogP contribution is -2.13. The fourth-order valence-electron chi connectivity index (χ4n) is 1.99. The smallest absolute Gasteiger partial charge is 0.356 e. The van der Waals surface area contributed by atoms with E-state index in [1.54, 1.807) is 12.1 Å². The van der Waals surface area contributed by atoms with Crippen LogP contribution in [0, 0.1) is 0 Å². The zero-order chi connectivity index (χ0) is 16.2. The highest BCUT2D eigenvalue weighted by molar-refractivity contribution is 9.10. The van der Waals surface area contributed by atoms with Gasteiger partial charge in [0.1, 0.15) is 5.75 Å². The SMILES string of the molecule is COP(=O)(OC)[C@@H](Nc1ccc(Br)cc1)c1ccc(O)cc1. The fourth-order valence-corrected chi connectivity index (χ4v) is 3.67. The highest BCUT2D eigenvalue weighted by Gasteiger charge is 2.35. The Labute approximate surface area is 137 Å². The van der Waals surface area contributed by atoms with Gasteiger partial charge in [-0.3, -0.25) is 4.57 Å². The molecule has 0 aromatic heterocycles. The van der Waals surface area contributed by atoms with Gasteiger partial charge in [-0.15, -0.1) is 0 Å². The van der Waals surface area contributed by atoms with E-state index >= 15 is 0 Å². The Hall–Kier alpha value is -1.33. The third-order valence-electron chi connectivity index (χ3n) is 3.18. The van der Waals surface area contributed by atoms with Crippen LogP contribution in [0.15, 0.2) is 53.0 Å². The first-order valence-electron chi connectivity index (χ1n) is 6.51. The number of halogens is 1. The maximum atomic E-state index is 12.8. The molecule has 2 aromatic rings. The van der Waals surface area contributed by atoms with Crippen LogP contribution in [0.4, 0.5) is 5.69 Å². The number of hydrogen-bond acceptors (Lipinski definition) is 5. The van der Waals surface area contributed by atoms with Crippen LogP contribution in [-0.2, 0) is 13.6 Å². The number of rotatable bonds is 6. The number of phenols is 1. The molecule has 7 heteroatoms. The summed E-state index contributed by atoms with van der Waals surface area (Å²) in [5, 5.41) is 12.6. The van der Waals surface area contributed by atoms with Crippen LogP contribution in [0.25, 0.3) is 0 Å². The van der Waals surface area contributed by atoms with E-state index in [0.717, 1.165) is 10.2 Å². The van der Waals surface area contributed by atoms with Gasteiger partial charge in [0.05, 0.1) is 0 Å². The van der Waals surface area contributed by atoms with Crippen molar-refractivity contribution in [3.05, 3.63) is 58.6 Å². The number of aromatic hydroxyl groups is 1. The summed E-state index contributed by atoms with van der Waals surface area (Å²) in [7, 11) is -0.714. The minimum Gasteiger partial charge on any atom is -0.508 e. The van der Waals surface area contributed by atoms with Crippen molar-refractivity contribution >= 4 is 29.2 Å². The van der Waals surface area contributed by atoms with Gasteiger partial charge in [0.2, 0.25) is 0 Å². The molecule has 2 N–H and O–H groups in total. The summed E-state index contributed by atoms with van der Waals surface area (Å²) in [6.07, 6.45) is 0. The van der Waals surface area contributed by atoms with Gasteiger partial charge in [0.15, 0.2) is 5.78 Å². The van der Waals surface area contributed by atoms with Crippen LogP contribution < -0.4 is 5.32 Å². The Morgan fingerprint density at radius 1 is 1.05 bits per heavy atom. The number of anilines is 1. The Morgan fingerprint density at radius 3 is 2.09 bits per heavy atom. The van der Waals surface area contributed by atoms with E-state index in [-0.39, 0.29) is 5.75 Å². The van der Waals surface area contributed by atoms with E-state index in [4.69, 9.17) is 9.05 Å². The van der Waals surface area contributed by atoms with E-state index in [2.05, 4.69) is 21.2 Å². The number of phenolic OH excluding ortho intramolecular Hbond substituents is 1. The molecule has 0 saturated carbocycles. The summed E-state index contributed by atoms with van der Waals surface area (Å²) >= 11 is 3.37. The van der Waals surface area contributed by atoms with Crippen molar-refractivity contribution < 1.29 is 18.7 Å². The van der Waals surface area contributed by atoms with E-state index in [1.807, 2.05) is 24.3 Å². The summed E-state index contributed by atoms with van der Waals surface area (Å²) in [5.41, 5.74) is 1.46. The summed E-state index contributed by atoms with van der Waals surface area (Å²) in [6, 6.07) is 13.9. The van der Waals surface area contributed by atoms with Crippen LogP contribution in [0.5, 0.6) is 5.75 Å². The summed E-state index contributed by atoms with van der Waals surface area (Å²) in [6.45, 7) is 0. The van der Waals surface area contributed by atoms with Crippen molar-refractivity contribution in [1.29, 1.82) is 0 Å². The molecule has 0 aliphatic carbocycles. The second-order valence-electron chi connectivity index (χ2n) is 4.55. The minimum absolute atomic E-state index is 0.135. The first-order chi connectivity index (χ1) is 10.5. The molecule has 0 amide bonds. The molecule has 0 fully saturated rings. The largest absolute Gasteiger partial charge is 0.508 e. The Balaban J connectivity index is 2.39. The van der Waals surface area contributed by atoms with Crippen molar-refractivity contribution in [1.82, 2.24) is 0 Å². The van der Waals surface area contributed by atoms with Crippen molar-refractivity contribution in [2.24, 2.45) is 0 Å². The molecule has 1 atom stereocenters. The lowest BCUT2D eigenvalue weighted by Gasteiger charge is -2.26. The molecule has 0 radical (unpaired) electrons. The van der Waals surface area contributed by atoms with Crippen molar-refractivity contribution in [3.63, 3.8) is 0 Å². The van der Waals surface area contributed by atoms with Gasteiger partial charge in [-0.1, -0.05) is 28.1 Å².